The molecule has 2 spiro atoms. The van der Waals surface area contributed by atoms with E-state index in [0.29, 0.717) is 16.5 Å². The summed E-state index contributed by atoms with van der Waals surface area (Å²) in [6, 6.07) is 1.79. The Kier molecular flexibility index (Phi) is 9.60. The molecule has 2 bridgehead atoms. The quantitative estimate of drug-likeness (QED) is 0.252. The standard InChI is InChI=1S/C44H54O19/c1-16-11-23-30(34(48)32-31(35(23)52-10)25(12-24(46)33(32)47)58-28-14-40(8,50)17(2)18(3)54-28)36-29(16)37-38-44(60-36,41(15-53-41)43(61-37,62-38)21(6)51-9)59-27-13-26(57-22(7)45)42(19(4)55-27)20(5)56-39(49)63-42/h11,17-21,24-28,37-38,46,48,50H,12-15H2,1-10H3/t17?,18?,19?,20-,21+,24+,25+,26?,27?,28?,37?,38?,40?,41-,42?,43?,44-/m1/s1. The molecule has 19 nitrogen and oxygen atoms in total. The number of hydrogen-bond donors (Lipinski definition) is 3. The number of cyclic esters (lactones) is 1. The number of benzene rings is 2. The van der Waals surface area contributed by atoms with E-state index in [1.807, 2.05) is 20.8 Å². The molecule has 8 aliphatic rings. The van der Waals surface area contributed by atoms with E-state index < -0.39 is 113 Å². The number of epoxide rings is 1. The van der Waals surface area contributed by atoms with Gasteiger partial charge in [0.05, 0.1) is 42.5 Å². The number of aliphatic hydroxyl groups is 2. The molecule has 0 aromatic heterocycles. The van der Waals surface area contributed by atoms with Crippen molar-refractivity contribution in [2.45, 2.75) is 171 Å². The predicted molar refractivity (Wildman–Crippen MR) is 210 cm³/mol. The topological polar surface area (TPSA) is 235 Å². The summed E-state index contributed by atoms with van der Waals surface area (Å²) >= 11 is 0. The molecule has 6 saturated heterocycles. The second-order valence-electron chi connectivity index (χ2n) is 18.5. The Hall–Kier alpha value is -3.89. The van der Waals surface area contributed by atoms with E-state index in [1.54, 1.807) is 33.8 Å². The Morgan fingerprint density at radius 1 is 1.00 bits per heavy atom. The maximum absolute atomic E-state index is 14.1. The first-order valence-electron chi connectivity index (χ1n) is 21.5. The molecule has 3 N–H and O–H groups in total. The number of phenolic OH excluding ortho intramolecular Hbond substituents is 1. The van der Waals surface area contributed by atoms with Gasteiger partial charge in [0.25, 0.3) is 5.79 Å². The number of ketones is 1. The van der Waals surface area contributed by atoms with E-state index >= 15 is 0 Å². The third-order valence-corrected chi connectivity index (χ3v) is 15.1. The van der Waals surface area contributed by atoms with Crippen LogP contribution in [0.1, 0.15) is 107 Å². The summed E-state index contributed by atoms with van der Waals surface area (Å²) in [5, 5.41) is 35.4. The van der Waals surface area contributed by atoms with Crippen molar-refractivity contribution >= 4 is 28.7 Å². The summed E-state index contributed by atoms with van der Waals surface area (Å²) in [7, 11) is 2.93. The van der Waals surface area contributed by atoms with Crippen molar-refractivity contribution in [3.8, 4) is 17.2 Å². The lowest BCUT2D eigenvalue weighted by molar-refractivity contribution is -0.377. The van der Waals surface area contributed by atoms with Gasteiger partial charge in [-0.2, -0.15) is 0 Å². The zero-order valence-corrected chi connectivity index (χ0v) is 36.7. The van der Waals surface area contributed by atoms with Gasteiger partial charge in [-0.05, 0) is 53.2 Å². The molecule has 6 fully saturated rings. The number of aliphatic hydroxyl groups excluding tert-OH is 1. The van der Waals surface area contributed by atoms with Crippen LogP contribution in [0.5, 0.6) is 17.2 Å². The fraction of sp³-hybridized carbons (Fsp3) is 0.705. The SMILES string of the molecule is COc1c2c(c(O)c3c4c(c(C)cc13)C1OC3([C@H](C)OC)OC1[C@@](OC1CC(OC(C)=O)C5(OC(=O)O[C@@H]5C)C(C)O1)(O4)[C@@]31CO1)C(=O)[C@@H](O)C[C@@H]2OC1CC(C)(O)C(C)C(C)O1. The summed E-state index contributed by atoms with van der Waals surface area (Å²) in [5.41, 5.74) is -3.08. The van der Waals surface area contributed by atoms with Crippen LogP contribution in [0.3, 0.4) is 0 Å². The Bertz CT molecular complexity index is 2290. The number of fused-ring (bicyclic) bond motifs is 8. The van der Waals surface area contributed by atoms with Crippen molar-refractivity contribution in [2.75, 3.05) is 20.8 Å². The smallest absolute Gasteiger partial charge is 0.506 e. The highest BCUT2D eigenvalue weighted by Crippen LogP contribution is 2.72. The number of aryl methyl sites for hydroxylation is 1. The number of Topliss-reactive ketones (excluding diaryl/α,β-unsaturated/α-hetero) is 1. The zero-order chi connectivity index (χ0) is 45.1. The van der Waals surface area contributed by atoms with Crippen molar-refractivity contribution in [1.29, 1.82) is 0 Å². The van der Waals surface area contributed by atoms with Gasteiger partial charge in [0.15, 0.2) is 30.6 Å². The van der Waals surface area contributed by atoms with Crippen LogP contribution in [0.25, 0.3) is 10.8 Å². The van der Waals surface area contributed by atoms with E-state index in [9.17, 15) is 29.7 Å². The molecule has 7 aliphatic heterocycles. The Morgan fingerprint density at radius 3 is 2.35 bits per heavy atom. The highest BCUT2D eigenvalue weighted by Gasteiger charge is 2.93. The summed E-state index contributed by atoms with van der Waals surface area (Å²) in [6.07, 6.45) is -11.9. The number of rotatable bonds is 8. The van der Waals surface area contributed by atoms with Crippen molar-refractivity contribution in [3.05, 3.63) is 28.3 Å². The highest BCUT2D eigenvalue weighted by atomic mass is 16.9. The van der Waals surface area contributed by atoms with Gasteiger partial charge in [-0.25, -0.2) is 4.79 Å². The molecule has 2 aromatic carbocycles. The lowest BCUT2D eigenvalue weighted by atomic mass is 9.76. The molecule has 7 heterocycles. The maximum Gasteiger partial charge on any atom is 0.509 e. The van der Waals surface area contributed by atoms with Gasteiger partial charge >= 0.3 is 12.1 Å². The first kappa shape index (κ1) is 43.0. The molecule has 1 aliphatic carbocycles. The monoisotopic (exact) mass is 886 g/mol. The van der Waals surface area contributed by atoms with E-state index in [1.165, 1.54) is 21.1 Å². The second-order valence-corrected chi connectivity index (χ2v) is 18.5. The average molecular weight is 887 g/mol. The van der Waals surface area contributed by atoms with Crippen LogP contribution in [0.15, 0.2) is 6.07 Å². The largest absolute Gasteiger partial charge is 0.509 e. The third-order valence-electron chi connectivity index (χ3n) is 15.1. The van der Waals surface area contributed by atoms with Gasteiger partial charge in [-0.15, -0.1) is 0 Å². The number of carbonyl (C=O) groups is 3. The van der Waals surface area contributed by atoms with Crippen molar-refractivity contribution in [2.24, 2.45) is 5.92 Å². The number of hydrogen-bond acceptors (Lipinski definition) is 19. The van der Waals surface area contributed by atoms with E-state index in [4.69, 9.17) is 61.6 Å². The van der Waals surface area contributed by atoms with Crippen LogP contribution < -0.4 is 9.47 Å². The van der Waals surface area contributed by atoms with Crippen molar-refractivity contribution in [3.63, 3.8) is 0 Å². The Labute approximate surface area is 362 Å². The molecule has 17 atom stereocenters. The van der Waals surface area contributed by atoms with Gasteiger partial charge in [0, 0.05) is 55.7 Å². The number of aromatic hydroxyl groups is 1. The molecule has 2 aromatic rings. The van der Waals surface area contributed by atoms with E-state index in [0.717, 1.165) is 0 Å². The van der Waals surface area contributed by atoms with Gasteiger partial charge < -0.3 is 76.9 Å². The fourth-order valence-electron chi connectivity index (χ4n) is 11.5. The van der Waals surface area contributed by atoms with Crippen molar-refractivity contribution < 1.29 is 91.3 Å². The molecular weight excluding hydrogens is 832 g/mol. The van der Waals surface area contributed by atoms with E-state index in [2.05, 4.69) is 0 Å². The van der Waals surface area contributed by atoms with Gasteiger partial charge in [-0.1, -0.05) is 6.92 Å². The third kappa shape index (κ3) is 5.58. The minimum Gasteiger partial charge on any atom is -0.506 e. The number of carbonyl (C=O) groups excluding carboxylic acids is 3. The van der Waals surface area contributed by atoms with Gasteiger partial charge in [-0.3, -0.25) is 9.59 Å². The van der Waals surface area contributed by atoms with Gasteiger partial charge in [0.2, 0.25) is 17.0 Å². The summed E-state index contributed by atoms with van der Waals surface area (Å²) < 4.78 is 82.3. The first-order chi connectivity index (χ1) is 29.7. The minimum absolute atomic E-state index is 0.00694. The maximum atomic E-state index is 14.1. The zero-order valence-electron chi connectivity index (χ0n) is 36.7. The molecule has 19 heteroatoms. The highest BCUT2D eigenvalue weighted by molar-refractivity contribution is 6.13. The molecule has 63 heavy (non-hydrogen) atoms. The lowest BCUT2D eigenvalue weighted by Gasteiger charge is -2.52. The van der Waals surface area contributed by atoms with Crippen LogP contribution in [-0.2, 0) is 56.9 Å². The molecule has 0 amide bonds. The van der Waals surface area contributed by atoms with Crippen molar-refractivity contribution in [1.82, 2.24) is 0 Å². The number of phenols is 1. The van der Waals surface area contributed by atoms with E-state index in [-0.39, 0.29) is 65.9 Å². The number of ether oxygens (including phenoxy) is 13. The number of esters is 1. The van der Waals surface area contributed by atoms with Crippen LogP contribution in [0, 0.1) is 12.8 Å². The predicted octanol–water partition coefficient (Wildman–Crippen LogP) is 3.83. The fourth-order valence-corrected chi connectivity index (χ4v) is 11.5. The minimum atomic E-state index is -1.92. The molecule has 0 saturated carbocycles. The number of methoxy groups -OCH3 is 2. The average Bonchev–Trinajstić information content (AvgIpc) is 3.76. The summed E-state index contributed by atoms with van der Waals surface area (Å²) in [6.45, 7) is 13.6. The molecule has 0 radical (unpaired) electrons. The molecule has 344 valence electrons. The van der Waals surface area contributed by atoms with Gasteiger partial charge in [0.1, 0.15) is 47.8 Å². The van der Waals surface area contributed by atoms with Crippen LogP contribution in [0.4, 0.5) is 4.79 Å². The Balaban J connectivity index is 1.12. The van der Waals surface area contributed by atoms with Crippen LogP contribution >= 0.6 is 0 Å². The normalized spacial score (nSPS) is 44.8. The summed E-state index contributed by atoms with van der Waals surface area (Å²) in [5.74, 6) is -5.39. The first-order valence-corrected chi connectivity index (χ1v) is 21.5. The molecule has 10 rings (SSSR count). The second kappa shape index (κ2) is 14.1. The van der Waals surface area contributed by atoms with Crippen LogP contribution in [0.2, 0.25) is 0 Å². The molecular formula is C44H54O19. The Morgan fingerprint density at radius 2 is 1.73 bits per heavy atom. The van der Waals surface area contributed by atoms with Crippen LogP contribution in [-0.4, -0.2) is 138 Å². The summed E-state index contributed by atoms with van der Waals surface area (Å²) in [4.78, 5) is 39.2. The molecule has 11 unspecified atom stereocenters. The lowest BCUT2D eigenvalue weighted by Crippen LogP contribution is -2.72.